The average molecular weight is 142 g/mol. The Bertz CT molecular complexity index is 131. The topological polar surface area (TPSA) is 29.5 Å². The fourth-order valence-corrected chi connectivity index (χ4v) is 1.32. The Kier molecular flexibility index (Phi) is 2.46. The lowest BCUT2D eigenvalue weighted by molar-refractivity contribution is 0.160. The zero-order valence-electron chi connectivity index (χ0n) is 6.34. The third-order valence-electron chi connectivity index (χ3n) is 2.07. The third-order valence-corrected chi connectivity index (χ3v) is 2.07. The van der Waals surface area contributed by atoms with Crippen LogP contribution < -0.4 is 0 Å². The molecule has 0 aromatic heterocycles. The molecule has 0 saturated carbocycles. The Morgan fingerprint density at radius 2 is 2.40 bits per heavy atom. The van der Waals surface area contributed by atoms with E-state index in [0.717, 1.165) is 12.2 Å². The Morgan fingerprint density at radius 3 is 2.80 bits per heavy atom. The van der Waals surface area contributed by atoms with Crippen molar-refractivity contribution in [3.63, 3.8) is 0 Å². The molecule has 1 heterocycles. The number of aliphatic hydroxyl groups excluding tert-OH is 1. The predicted molar refractivity (Wildman–Crippen MR) is 39.7 cm³/mol. The molecular weight excluding hydrogens is 128 g/mol. The first-order valence-corrected chi connectivity index (χ1v) is 3.59. The van der Waals surface area contributed by atoms with Crippen LogP contribution >= 0.6 is 0 Å². The minimum atomic E-state index is 0.220. The summed E-state index contributed by atoms with van der Waals surface area (Å²) < 4.78 is 5.20. The van der Waals surface area contributed by atoms with Crippen LogP contribution in [-0.2, 0) is 4.74 Å². The average Bonchev–Trinajstić information content (AvgIpc) is 2.33. The van der Waals surface area contributed by atoms with E-state index in [1.807, 2.05) is 6.92 Å². The summed E-state index contributed by atoms with van der Waals surface area (Å²) in [6.07, 6.45) is 0. The van der Waals surface area contributed by atoms with E-state index in [1.54, 1.807) is 0 Å². The van der Waals surface area contributed by atoms with Gasteiger partial charge in [0.05, 0.1) is 13.2 Å². The van der Waals surface area contributed by atoms with Crippen LogP contribution in [0.3, 0.4) is 0 Å². The molecule has 0 aliphatic carbocycles. The van der Waals surface area contributed by atoms with Crippen LogP contribution in [0.5, 0.6) is 0 Å². The molecule has 2 unspecified atom stereocenters. The zero-order valence-corrected chi connectivity index (χ0v) is 6.34. The van der Waals surface area contributed by atoms with Crippen LogP contribution in [-0.4, -0.2) is 24.9 Å². The molecule has 58 valence electrons. The molecule has 0 amide bonds. The van der Waals surface area contributed by atoms with Crippen molar-refractivity contribution >= 4 is 0 Å². The Labute approximate surface area is 61.5 Å². The van der Waals surface area contributed by atoms with E-state index in [4.69, 9.17) is 9.84 Å². The van der Waals surface area contributed by atoms with Crippen LogP contribution in [0.2, 0.25) is 0 Å². The predicted octanol–water partition coefficient (Wildman–Crippen LogP) is 0.817. The first-order chi connectivity index (χ1) is 4.75. The van der Waals surface area contributed by atoms with Gasteiger partial charge in [-0.25, -0.2) is 0 Å². The molecule has 1 aliphatic rings. The van der Waals surface area contributed by atoms with Gasteiger partial charge in [-0.1, -0.05) is 12.2 Å². The highest BCUT2D eigenvalue weighted by Gasteiger charge is 2.27. The van der Waals surface area contributed by atoms with Crippen molar-refractivity contribution in [3.05, 3.63) is 12.2 Å². The molecule has 0 aromatic rings. The Balaban J connectivity index is 2.50. The van der Waals surface area contributed by atoms with Crippen molar-refractivity contribution in [2.24, 2.45) is 11.8 Å². The van der Waals surface area contributed by atoms with Gasteiger partial charge in [-0.2, -0.15) is 0 Å². The van der Waals surface area contributed by atoms with Crippen LogP contribution in [0.15, 0.2) is 12.2 Å². The zero-order chi connectivity index (χ0) is 7.56. The van der Waals surface area contributed by atoms with E-state index in [9.17, 15) is 0 Å². The molecule has 2 heteroatoms. The van der Waals surface area contributed by atoms with Gasteiger partial charge in [0.15, 0.2) is 0 Å². The largest absolute Gasteiger partial charge is 0.396 e. The van der Waals surface area contributed by atoms with Gasteiger partial charge in [-0.3, -0.25) is 0 Å². The Hall–Kier alpha value is -0.340. The minimum Gasteiger partial charge on any atom is -0.396 e. The SMILES string of the molecule is C=C(C)C1COCC1CO. The molecule has 0 spiro atoms. The lowest BCUT2D eigenvalue weighted by Crippen LogP contribution is -2.16. The second-order valence-electron chi connectivity index (χ2n) is 2.93. The molecule has 10 heavy (non-hydrogen) atoms. The molecule has 0 aromatic carbocycles. The summed E-state index contributed by atoms with van der Waals surface area (Å²) in [6, 6.07) is 0. The molecular formula is C8H14O2. The van der Waals surface area contributed by atoms with E-state index >= 15 is 0 Å². The molecule has 0 radical (unpaired) electrons. The molecule has 2 atom stereocenters. The van der Waals surface area contributed by atoms with E-state index in [-0.39, 0.29) is 12.5 Å². The van der Waals surface area contributed by atoms with E-state index in [2.05, 4.69) is 6.58 Å². The highest BCUT2D eigenvalue weighted by Crippen LogP contribution is 2.25. The molecule has 1 fully saturated rings. The lowest BCUT2D eigenvalue weighted by atomic mass is 9.91. The van der Waals surface area contributed by atoms with Crippen molar-refractivity contribution in [1.29, 1.82) is 0 Å². The number of hydrogen-bond donors (Lipinski definition) is 1. The van der Waals surface area contributed by atoms with Crippen LogP contribution in [0.4, 0.5) is 0 Å². The fourth-order valence-electron chi connectivity index (χ4n) is 1.32. The third kappa shape index (κ3) is 1.39. The highest BCUT2D eigenvalue weighted by molar-refractivity contribution is 5.01. The molecule has 2 nitrogen and oxygen atoms in total. The summed E-state index contributed by atoms with van der Waals surface area (Å²) in [5.41, 5.74) is 1.12. The number of rotatable bonds is 2. The lowest BCUT2D eigenvalue weighted by Gasteiger charge is -2.13. The maximum absolute atomic E-state index is 8.86. The first kappa shape index (κ1) is 7.76. The monoisotopic (exact) mass is 142 g/mol. The van der Waals surface area contributed by atoms with Gasteiger partial charge in [0.2, 0.25) is 0 Å². The van der Waals surface area contributed by atoms with Gasteiger partial charge in [0.25, 0.3) is 0 Å². The van der Waals surface area contributed by atoms with Crippen molar-refractivity contribution in [1.82, 2.24) is 0 Å². The van der Waals surface area contributed by atoms with E-state index in [0.29, 0.717) is 12.5 Å². The summed E-state index contributed by atoms with van der Waals surface area (Å²) in [7, 11) is 0. The van der Waals surface area contributed by atoms with Gasteiger partial charge < -0.3 is 9.84 Å². The maximum Gasteiger partial charge on any atom is 0.0535 e. The normalized spacial score (nSPS) is 32.6. The number of aliphatic hydroxyl groups is 1. The van der Waals surface area contributed by atoms with Crippen molar-refractivity contribution in [3.8, 4) is 0 Å². The quantitative estimate of drug-likeness (QED) is 0.578. The van der Waals surface area contributed by atoms with E-state index < -0.39 is 0 Å². The number of ether oxygens (including phenoxy) is 1. The van der Waals surface area contributed by atoms with Crippen LogP contribution in [0.25, 0.3) is 0 Å². The second-order valence-corrected chi connectivity index (χ2v) is 2.93. The van der Waals surface area contributed by atoms with Gasteiger partial charge in [-0.15, -0.1) is 0 Å². The van der Waals surface area contributed by atoms with Crippen molar-refractivity contribution in [2.45, 2.75) is 6.92 Å². The molecule has 1 saturated heterocycles. The Morgan fingerprint density at radius 1 is 1.70 bits per heavy atom. The van der Waals surface area contributed by atoms with Gasteiger partial charge in [0.1, 0.15) is 0 Å². The summed E-state index contributed by atoms with van der Waals surface area (Å²) in [4.78, 5) is 0. The standard InChI is InChI=1S/C8H14O2/c1-6(2)8-5-10-4-7(8)3-9/h7-9H,1,3-5H2,2H3. The number of hydrogen-bond acceptors (Lipinski definition) is 2. The van der Waals surface area contributed by atoms with Gasteiger partial charge in [0, 0.05) is 18.4 Å². The smallest absolute Gasteiger partial charge is 0.0535 e. The maximum atomic E-state index is 8.86. The van der Waals surface area contributed by atoms with E-state index in [1.165, 1.54) is 0 Å². The minimum absolute atomic E-state index is 0.220. The van der Waals surface area contributed by atoms with Crippen LogP contribution in [0.1, 0.15) is 6.92 Å². The fraction of sp³-hybridized carbons (Fsp3) is 0.750. The molecule has 1 aliphatic heterocycles. The molecule has 1 N–H and O–H groups in total. The summed E-state index contributed by atoms with van der Waals surface area (Å²) in [5, 5.41) is 8.86. The van der Waals surface area contributed by atoms with Crippen LogP contribution in [0, 0.1) is 11.8 Å². The van der Waals surface area contributed by atoms with Crippen molar-refractivity contribution < 1.29 is 9.84 Å². The molecule has 1 rings (SSSR count). The highest BCUT2D eigenvalue weighted by atomic mass is 16.5. The first-order valence-electron chi connectivity index (χ1n) is 3.59. The van der Waals surface area contributed by atoms with Gasteiger partial charge >= 0.3 is 0 Å². The second kappa shape index (κ2) is 3.17. The summed E-state index contributed by atoms with van der Waals surface area (Å²) in [6.45, 7) is 7.48. The van der Waals surface area contributed by atoms with Gasteiger partial charge in [-0.05, 0) is 6.92 Å². The summed E-state index contributed by atoms with van der Waals surface area (Å²) in [5.74, 6) is 0.669. The summed E-state index contributed by atoms with van der Waals surface area (Å²) >= 11 is 0. The molecule has 0 bridgehead atoms. The van der Waals surface area contributed by atoms with Crippen molar-refractivity contribution in [2.75, 3.05) is 19.8 Å².